The largest absolute Gasteiger partial charge is 0.477 e. The zero-order valence-electron chi connectivity index (χ0n) is 9.96. The van der Waals surface area contributed by atoms with E-state index in [1.165, 1.54) is 37.6 Å². The van der Waals surface area contributed by atoms with Crippen LogP contribution in [0.1, 0.15) is 10.4 Å². The maximum Gasteiger partial charge on any atom is 0.341 e. The third kappa shape index (κ3) is 2.47. The summed E-state index contributed by atoms with van der Waals surface area (Å²) in [6, 6.07) is 5.19. The van der Waals surface area contributed by atoms with E-state index in [2.05, 4.69) is 0 Å². The van der Waals surface area contributed by atoms with E-state index in [0.717, 1.165) is 10.9 Å². The summed E-state index contributed by atoms with van der Waals surface area (Å²) in [5, 5.41) is 8.97. The van der Waals surface area contributed by atoms with Gasteiger partial charge in [0, 0.05) is 5.56 Å². The Bertz CT molecular complexity index is 676. The number of carboxylic acids is 1. The van der Waals surface area contributed by atoms with Gasteiger partial charge in [0.2, 0.25) is 5.43 Å². The van der Waals surface area contributed by atoms with Crippen LogP contribution in [0.3, 0.4) is 0 Å². The van der Waals surface area contributed by atoms with E-state index in [0.29, 0.717) is 5.56 Å². The Kier molecular flexibility index (Phi) is 3.33. The smallest absolute Gasteiger partial charge is 0.341 e. The number of aromatic nitrogens is 1. The maximum atomic E-state index is 12.9. The van der Waals surface area contributed by atoms with Crippen LogP contribution in [0.5, 0.6) is 0 Å². The summed E-state index contributed by atoms with van der Waals surface area (Å²) >= 11 is 0. The Hall–Kier alpha value is -2.63. The molecule has 1 aromatic heterocycles. The van der Waals surface area contributed by atoms with Crippen molar-refractivity contribution in [1.82, 2.24) is 4.73 Å². The van der Waals surface area contributed by atoms with Gasteiger partial charge < -0.3 is 9.94 Å². The van der Waals surface area contributed by atoms with E-state index in [1.807, 2.05) is 0 Å². The van der Waals surface area contributed by atoms with E-state index in [-0.39, 0.29) is 5.56 Å². The molecule has 0 spiro atoms. The number of carboxylic acid groups (broad SMARTS) is 1. The van der Waals surface area contributed by atoms with Crippen molar-refractivity contribution in [3.63, 3.8) is 0 Å². The summed E-state index contributed by atoms with van der Waals surface area (Å²) in [4.78, 5) is 27.9. The summed E-state index contributed by atoms with van der Waals surface area (Å²) in [6.07, 6.45) is 2.43. The number of carbonyl (C=O) groups is 1. The minimum absolute atomic E-state index is 0.127. The Morgan fingerprint density at radius 3 is 2.42 bits per heavy atom. The van der Waals surface area contributed by atoms with Crippen molar-refractivity contribution in [2.75, 3.05) is 7.11 Å². The molecular formula is C13H10FNO4. The summed E-state index contributed by atoms with van der Waals surface area (Å²) in [7, 11) is 1.34. The van der Waals surface area contributed by atoms with Gasteiger partial charge in [-0.15, -0.1) is 0 Å². The molecule has 0 saturated carbocycles. The van der Waals surface area contributed by atoms with E-state index >= 15 is 0 Å². The van der Waals surface area contributed by atoms with Gasteiger partial charge in [0.25, 0.3) is 0 Å². The molecule has 1 heterocycles. The molecule has 2 aromatic rings. The second-order valence-corrected chi connectivity index (χ2v) is 3.77. The van der Waals surface area contributed by atoms with Crippen molar-refractivity contribution in [3.8, 4) is 11.1 Å². The lowest BCUT2D eigenvalue weighted by Gasteiger charge is -2.08. The molecule has 0 amide bonds. The van der Waals surface area contributed by atoms with Crippen LogP contribution in [0.2, 0.25) is 0 Å². The van der Waals surface area contributed by atoms with Crippen LogP contribution in [0.25, 0.3) is 11.1 Å². The Morgan fingerprint density at radius 2 is 1.89 bits per heavy atom. The third-order valence-corrected chi connectivity index (χ3v) is 2.60. The highest BCUT2D eigenvalue weighted by Gasteiger charge is 2.15. The van der Waals surface area contributed by atoms with Crippen molar-refractivity contribution >= 4 is 5.97 Å². The molecule has 0 bridgehead atoms. The predicted molar refractivity (Wildman–Crippen MR) is 65.6 cm³/mol. The molecule has 1 aromatic carbocycles. The molecule has 0 aliphatic heterocycles. The minimum Gasteiger partial charge on any atom is -0.477 e. The minimum atomic E-state index is -1.35. The van der Waals surface area contributed by atoms with Gasteiger partial charge in [-0.25, -0.2) is 9.18 Å². The fraction of sp³-hybridized carbons (Fsp3) is 0.0769. The number of nitrogens with zero attached hydrogens (tertiary/aromatic N) is 1. The van der Waals surface area contributed by atoms with E-state index in [9.17, 15) is 14.0 Å². The first-order valence-corrected chi connectivity index (χ1v) is 5.33. The lowest BCUT2D eigenvalue weighted by Crippen LogP contribution is -2.21. The van der Waals surface area contributed by atoms with Crippen molar-refractivity contribution < 1.29 is 19.1 Å². The van der Waals surface area contributed by atoms with E-state index in [4.69, 9.17) is 9.94 Å². The molecule has 0 radical (unpaired) electrons. The molecule has 1 N–H and O–H groups in total. The van der Waals surface area contributed by atoms with Crippen LogP contribution in [0.15, 0.2) is 41.5 Å². The number of hydrogen-bond donors (Lipinski definition) is 1. The number of pyridine rings is 1. The van der Waals surface area contributed by atoms with Crippen LogP contribution in [0, 0.1) is 5.82 Å². The van der Waals surface area contributed by atoms with Crippen LogP contribution < -0.4 is 10.3 Å². The molecule has 0 fully saturated rings. The summed E-state index contributed by atoms with van der Waals surface area (Å²) in [5.74, 6) is -1.79. The first kappa shape index (κ1) is 12.8. The molecule has 0 aliphatic rings. The lowest BCUT2D eigenvalue weighted by atomic mass is 10.1. The summed E-state index contributed by atoms with van der Waals surface area (Å²) in [6.45, 7) is 0. The van der Waals surface area contributed by atoms with Gasteiger partial charge in [-0.05, 0) is 17.7 Å². The topological polar surface area (TPSA) is 68.5 Å². The molecule has 0 unspecified atom stereocenters. The Morgan fingerprint density at radius 1 is 1.26 bits per heavy atom. The van der Waals surface area contributed by atoms with E-state index < -0.39 is 22.8 Å². The number of halogens is 1. The highest BCUT2D eigenvalue weighted by Crippen LogP contribution is 2.16. The standard InChI is InChI=1S/C13H10FNO4/c1-19-15-6-10(8-2-4-9(14)5-3-8)12(16)11(7-15)13(17)18/h2-7H,1H3,(H,17,18). The second kappa shape index (κ2) is 4.93. The molecule has 19 heavy (non-hydrogen) atoms. The number of aromatic carboxylic acids is 1. The zero-order chi connectivity index (χ0) is 14.0. The molecule has 2 rings (SSSR count). The van der Waals surface area contributed by atoms with Gasteiger partial charge in [0.15, 0.2) is 0 Å². The van der Waals surface area contributed by atoms with Crippen LogP contribution >= 0.6 is 0 Å². The first-order valence-electron chi connectivity index (χ1n) is 5.33. The van der Waals surface area contributed by atoms with Gasteiger partial charge in [0.1, 0.15) is 18.5 Å². The van der Waals surface area contributed by atoms with Crippen LogP contribution in [-0.4, -0.2) is 22.9 Å². The highest BCUT2D eigenvalue weighted by molar-refractivity contribution is 5.88. The van der Waals surface area contributed by atoms with Crippen molar-refractivity contribution in [2.45, 2.75) is 0 Å². The molecule has 5 nitrogen and oxygen atoms in total. The molecule has 0 aliphatic carbocycles. The Balaban J connectivity index is 2.68. The van der Waals surface area contributed by atoms with Gasteiger partial charge in [-0.3, -0.25) is 4.79 Å². The predicted octanol–water partition coefficient (Wildman–Crippen LogP) is 1.41. The summed E-state index contributed by atoms with van der Waals surface area (Å²) < 4.78 is 14.0. The van der Waals surface area contributed by atoms with Crippen LogP contribution in [-0.2, 0) is 0 Å². The third-order valence-electron chi connectivity index (χ3n) is 2.60. The van der Waals surface area contributed by atoms with Crippen molar-refractivity contribution in [3.05, 3.63) is 58.3 Å². The zero-order valence-corrected chi connectivity index (χ0v) is 9.96. The van der Waals surface area contributed by atoms with Gasteiger partial charge in [-0.2, -0.15) is 4.73 Å². The average molecular weight is 263 g/mol. The average Bonchev–Trinajstić information content (AvgIpc) is 2.40. The molecule has 98 valence electrons. The Labute approximate surface area is 107 Å². The highest BCUT2D eigenvalue weighted by atomic mass is 19.1. The maximum absolute atomic E-state index is 12.9. The molecular weight excluding hydrogens is 253 g/mol. The molecule has 0 saturated heterocycles. The van der Waals surface area contributed by atoms with Gasteiger partial charge in [0.05, 0.1) is 12.4 Å². The van der Waals surface area contributed by atoms with Crippen molar-refractivity contribution in [1.29, 1.82) is 0 Å². The molecule has 0 atom stereocenters. The van der Waals surface area contributed by atoms with Crippen molar-refractivity contribution in [2.24, 2.45) is 0 Å². The SMILES string of the molecule is COn1cc(C(=O)O)c(=O)c(-c2ccc(F)cc2)c1. The van der Waals surface area contributed by atoms with Gasteiger partial charge >= 0.3 is 5.97 Å². The second-order valence-electron chi connectivity index (χ2n) is 3.77. The fourth-order valence-corrected chi connectivity index (χ4v) is 1.65. The summed E-state index contributed by atoms with van der Waals surface area (Å²) in [5.41, 5.74) is -0.516. The number of benzene rings is 1. The quantitative estimate of drug-likeness (QED) is 0.909. The fourth-order valence-electron chi connectivity index (χ4n) is 1.65. The first-order chi connectivity index (χ1) is 9.02. The normalized spacial score (nSPS) is 10.2. The number of hydrogen-bond acceptors (Lipinski definition) is 3. The van der Waals surface area contributed by atoms with E-state index in [1.54, 1.807) is 0 Å². The molecule has 6 heteroatoms. The monoisotopic (exact) mass is 263 g/mol. The lowest BCUT2D eigenvalue weighted by molar-refractivity contribution is 0.0690. The number of rotatable bonds is 3. The van der Waals surface area contributed by atoms with Gasteiger partial charge in [-0.1, -0.05) is 12.1 Å². The van der Waals surface area contributed by atoms with Crippen LogP contribution in [0.4, 0.5) is 4.39 Å².